The summed E-state index contributed by atoms with van der Waals surface area (Å²) in [4.78, 5) is 73.3. The van der Waals surface area contributed by atoms with Crippen molar-refractivity contribution in [3.8, 4) is 0 Å². The molecule has 18 nitrogen and oxygen atoms in total. The summed E-state index contributed by atoms with van der Waals surface area (Å²) in [5.74, 6) is -6.02. The number of hydrogen-bond acceptors (Lipinski definition) is 18. The number of halogens is 3. The third-order valence-corrected chi connectivity index (χ3v) is 7.86. The number of hydrogen-bond donors (Lipinski definition) is 1. The zero-order chi connectivity index (χ0) is 40.3. The van der Waals surface area contributed by atoms with Gasteiger partial charge in [0.2, 0.25) is 18.3 Å². The Labute approximate surface area is 324 Å². The van der Waals surface area contributed by atoms with Gasteiger partial charge in [0.15, 0.2) is 30.7 Å². The molecule has 300 valence electrons. The van der Waals surface area contributed by atoms with Gasteiger partial charge >= 0.3 is 35.8 Å². The van der Waals surface area contributed by atoms with Gasteiger partial charge in [0, 0.05) is 41.5 Å². The molecule has 54 heavy (non-hydrogen) atoms. The SMILES string of the molecule is CC(=O)OC[C@H]1O[C@@H](OC[C@H]2O[C@@H](OC(=N)C(Cl)(Cl)Cl)[C@H](OC(C)=O)[C@@H](OC(C)=O)[C@H]2OC(C)=O)[C@H](OCc2ccccc2)[C@@H](OC(C)=O)[C@H]1OC(C)=O. The predicted molar refractivity (Wildman–Crippen MR) is 182 cm³/mol. The number of carbonyl (C=O) groups excluding carboxylic acids is 6. The maximum atomic E-state index is 12.4. The first-order chi connectivity index (χ1) is 25.3. The third-order valence-electron chi connectivity index (χ3n) is 7.34. The van der Waals surface area contributed by atoms with Gasteiger partial charge in [0.25, 0.3) is 3.79 Å². The van der Waals surface area contributed by atoms with E-state index in [1.54, 1.807) is 30.3 Å². The zero-order valence-corrected chi connectivity index (χ0v) is 32.1. The average Bonchev–Trinajstić information content (AvgIpc) is 3.05. The van der Waals surface area contributed by atoms with Gasteiger partial charge in [-0.3, -0.25) is 34.2 Å². The van der Waals surface area contributed by atoms with E-state index in [0.717, 1.165) is 41.5 Å². The van der Waals surface area contributed by atoms with Crippen LogP contribution < -0.4 is 0 Å². The number of benzene rings is 1. The lowest BCUT2D eigenvalue weighted by atomic mass is 9.97. The molecule has 0 spiro atoms. The van der Waals surface area contributed by atoms with E-state index in [0.29, 0.717) is 5.56 Å². The summed E-state index contributed by atoms with van der Waals surface area (Å²) in [6.45, 7) is 5.18. The normalized spacial score (nSPS) is 28.1. The smallest absolute Gasteiger partial charge is 0.303 e. The van der Waals surface area contributed by atoms with E-state index in [4.69, 9.17) is 92.3 Å². The second-order valence-corrected chi connectivity index (χ2v) is 14.1. The molecule has 0 radical (unpaired) electrons. The van der Waals surface area contributed by atoms with E-state index < -0.39 is 120 Å². The van der Waals surface area contributed by atoms with Gasteiger partial charge in [-0.1, -0.05) is 65.1 Å². The van der Waals surface area contributed by atoms with Crippen molar-refractivity contribution < 1.29 is 80.9 Å². The molecule has 0 amide bonds. The van der Waals surface area contributed by atoms with Crippen LogP contribution in [-0.4, -0.2) is 120 Å². The van der Waals surface area contributed by atoms with Crippen LogP contribution in [0.3, 0.4) is 0 Å². The van der Waals surface area contributed by atoms with Crippen molar-refractivity contribution in [3.05, 3.63) is 35.9 Å². The van der Waals surface area contributed by atoms with Crippen molar-refractivity contribution in [3.63, 3.8) is 0 Å². The topological polar surface area (TPSA) is 228 Å². The highest BCUT2D eigenvalue weighted by Crippen LogP contribution is 2.35. The van der Waals surface area contributed by atoms with E-state index in [9.17, 15) is 28.8 Å². The molecule has 1 aromatic rings. The van der Waals surface area contributed by atoms with Crippen LogP contribution in [0.15, 0.2) is 30.3 Å². The van der Waals surface area contributed by atoms with E-state index >= 15 is 0 Å². The molecule has 1 aromatic carbocycles. The Kier molecular flexibility index (Phi) is 16.7. The number of nitrogens with one attached hydrogen (secondary N) is 1. The highest BCUT2D eigenvalue weighted by atomic mass is 35.6. The van der Waals surface area contributed by atoms with Crippen LogP contribution in [0, 0.1) is 5.41 Å². The van der Waals surface area contributed by atoms with Crippen LogP contribution >= 0.6 is 34.8 Å². The van der Waals surface area contributed by atoms with E-state index in [1.165, 1.54) is 0 Å². The summed E-state index contributed by atoms with van der Waals surface area (Å²) in [5, 5.41) is 8.12. The lowest BCUT2D eigenvalue weighted by Crippen LogP contribution is -2.65. The molecule has 0 unspecified atom stereocenters. The first kappa shape index (κ1) is 44.6. The van der Waals surface area contributed by atoms with Gasteiger partial charge in [-0.2, -0.15) is 0 Å². The molecule has 2 heterocycles. The van der Waals surface area contributed by atoms with Crippen LogP contribution in [0.25, 0.3) is 0 Å². The Morgan fingerprint density at radius 1 is 0.574 bits per heavy atom. The Hall–Kier alpha value is -3.78. The number of rotatable bonds is 14. The molecule has 2 saturated heterocycles. The number of ether oxygens (including phenoxy) is 11. The Morgan fingerprint density at radius 3 is 1.50 bits per heavy atom. The highest BCUT2D eigenvalue weighted by molar-refractivity contribution is 6.76. The van der Waals surface area contributed by atoms with Gasteiger partial charge in [0.05, 0.1) is 13.2 Å². The van der Waals surface area contributed by atoms with Crippen molar-refractivity contribution in [1.82, 2.24) is 0 Å². The molecule has 21 heteroatoms. The fraction of sp³-hybridized carbons (Fsp3) is 0.606. The minimum Gasteiger partial charge on any atom is -0.463 e. The van der Waals surface area contributed by atoms with E-state index in [2.05, 4.69) is 0 Å². The summed E-state index contributed by atoms with van der Waals surface area (Å²) < 4.78 is 60.0. The van der Waals surface area contributed by atoms with E-state index in [-0.39, 0.29) is 6.61 Å². The van der Waals surface area contributed by atoms with Crippen LogP contribution in [0.5, 0.6) is 0 Å². The van der Waals surface area contributed by atoms with Crippen LogP contribution in [0.4, 0.5) is 0 Å². The summed E-state index contributed by atoms with van der Waals surface area (Å²) in [5.41, 5.74) is 0.673. The molecule has 3 rings (SSSR count). The third kappa shape index (κ3) is 13.5. The van der Waals surface area contributed by atoms with Crippen LogP contribution in [-0.2, 0) is 87.5 Å². The van der Waals surface area contributed by atoms with Crippen LogP contribution in [0.1, 0.15) is 47.1 Å². The van der Waals surface area contributed by atoms with Crippen molar-refractivity contribution in [1.29, 1.82) is 5.41 Å². The maximum absolute atomic E-state index is 12.4. The fourth-order valence-corrected chi connectivity index (χ4v) is 5.54. The molecule has 10 atom stereocenters. The second kappa shape index (κ2) is 20.2. The van der Waals surface area contributed by atoms with E-state index in [1.807, 2.05) is 0 Å². The average molecular weight is 829 g/mol. The summed E-state index contributed by atoms with van der Waals surface area (Å²) in [7, 11) is 0. The molecule has 0 bridgehead atoms. The van der Waals surface area contributed by atoms with Crippen molar-refractivity contribution >= 4 is 76.5 Å². The predicted octanol–water partition coefficient (Wildman–Crippen LogP) is 2.62. The van der Waals surface area contributed by atoms with Crippen LogP contribution in [0.2, 0.25) is 0 Å². The van der Waals surface area contributed by atoms with Gasteiger partial charge in [0.1, 0.15) is 24.9 Å². The molecule has 0 aliphatic carbocycles. The summed E-state index contributed by atoms with van der Waals surface area (Å²) in [6, 6.07) is 8.78. The first-order valence-electron chi connectivity index (χ1n) is 16.2. The van der Waals surface area contributed by atoms with Gasteiger partial charge in [-0.15, -0.1) is 0 Å². The number of carbonyl (C=O) groups is 6. The second-order valence-electron chi connectivity index (χ2n) is 11.8. The minimum absolute atomic E-state index is 0.0997. The lowest BCUT2D eigenvalue weighted by Gasteiger charge is -2.46. The van der Waals surface area contributed by atoms with Gasteiger partial charge < -0.3 is 52.1 Å². The van der Waals surface area contributed by atoms with Crippen molar-refractivity contribution in [2.75, 3.05) is 13.2 Å². The van der Waals surface area contributed by atoms with Gasteiger partial charge in [-0.25, -0.2) is 0 Å². The minimum atomic E-state index is -2.43. The Balaban J connectivity index is 2.09. The maximum Gasteiger partial charge on any atom is 0.303 e. The lowest BCUT2D eigenvalue weighted by molar-refractivity contribution is -0.333. The highest BCUT2D eigenvalue weighted by Gasteiger charge is 2.56. The Morgan fingerprint density at radius 2 is 1.02 bits per heavy atom. The summed E-state index contributed by atoms with van der Waals surface area (Å²) in [6.07, 6.45) is -15.3. The largest absolute Gasteiger partial charge is 0.463 e. The molecular formula is C33H40Cl3NO17. The number of alkyl halides is 3. The molecule has 2 aliphatic heterocycles. The molecule has 2 fully saturated rings. The molecule has 0 aromatic heterocycles. The quantitative estimate of drug-likeness (QED) is 0.0935. The van der Waals surface area contributed by atoms with Crippen molar-refractivity contribution in [2.24, 2.45) is 0 Å². The standard InChI is InChI=1S/C33H40Cl3NO17/c1-15(38)44-13-22-24(47-16(2)39)26(49-18(4)41)28(45-12-21-10-8-7-9-11-21)30(52-22)46-14-23-25(48-17(3)40)27(50-19(5)42)29(51-20(6)43)31(53-23)54-32(37)33(34,35)36/h7-11,22-31,37H,12-14H2,1-6H3/t22-,23-,24+,25+,26+,27+,28-,29-,30-,31+/m1/s1. The van der Waals surface area contributed by atoms with Crippen molar-refractivity contribution in [2.45, 2.75) is 113 Å². The summed E-state index contributed by atoms with van der Waals surface area (Å²) >= 11 is 17.5. The monoisotopic (exact) mass is 827 g/mol. The van der Waals surface area contributed by atoms with Gasteiger partial charge in [-0.05, 0) is 5.56 Å². The Bertz CT molecular complexity index is 1510. The fourth-order valence-electron chi connectivity index (χ4n) is 5.41. The zero-order valence-electron chi connectivity index (χ0n) is 29.9. The molecule has 1 N–H and O–H groups in total. The molecule has 0 saturated carbocycles. The molecular weight excluding hydrogens is 789 g/mol. The molecule has 2 aliphatic rings. The number of esters is 6. The first-order valence-corrected chi connectivity index (χ1v) is 17.3.